The number of nitrogens with one attached hydrogen (secondary N) is 1. The summed E-state index contributed by atoms with van der Waals surface area (Å²) in [7, 11) is 0. The lowest BCUT2D eigenvalue weighted by molar-refractivity contribution is 0.627. The molecule has 0 amide bonds. The zero-order valence-electron chi connectivity index (χ0n) is 9.86. The Morgan fingerprint density at radius 1 is 1.41 bits per heavy atom. The van der Waals surface area contributed by atoms with E-state index in [4.69, 9.17) is 0 Å². The van der Waals surface area contributed by atoms with E-state index in [1.807, 2.05) is 16.8 Å². The van der Waals surface area contributed by atoms with Gasteiger partial charge >= 0.3 is 0 Å². The van der Waals surface area contributed by atoms with E-state index in [1.54, 1.807) is 12.3 Å². The van der Waals surface area contributed by atoms with Gasteiger partial charge in [-0.15, -0.1) is 0 Å². The van der Waals surface area contributed by atoms with Crippen molar-refractivity contribution >= 4 is 11.6 Å². The van der Waals surface area contributed by atoms with Crippen molar-refractivity contribution < 1.29 is 4.39 Å². The van der Waals surface area contributed by atoms with Gasteiger partial charge in [0.25, 0.3) is 0 Å². The molecule has 0 radical (unpaired) electrons. The van der Waals surface area contributed by atoms with E-state index in [9.17, 15) is 4.39 Å². The van der Waals surface area contributed by atoms with Gasteiger partial charge in [0.1, 0.15) is 5.82 Å². The normalized spacial score (nSPS) is 10.5. The molecule has 0 bridgehead atoms. The maximum atomic E-state index is 13.0. The average molecular weight is 233 g/mol. The summed E-state index contributed by atoms with van der Waals surface area (Å²) in [5, 5.41) is 3.11. The molecule has 3 nitrogen and oxygen atoms in total. The third kappa shape index (κ3) is 3.06. The quantitative estimate of drug-likeness (QED) is 0.855. The first-order chi connectivity index (χ1) is 8.29. The number of halogens is 1. The molecule has 1 heterocycles. The Morgan fingerprint density at radius 3 is 3.06 bits per heavy atom. The first kappa shape index (κ1) is 11.6. The Kier molecular flexibility index (Phi) is 3.75. The minimum atomic E-state index is -0.248. The number of hydrogen-bond donors (Lipinski definition) is 1. The molecular weight excluding hydrogens is 217 g/mol. The third-order valence-electron chi connectivity index (χ3n) is 2.55. The van der Waals surface area contributed by atoms with Crippen LogP contribution in [0.2, 0.25) is 0 Å². The molecule has 0 spiro atoms. The largest absolute Gasteiger partial charge is 0.326 e. The van der Waals surface area contributed by atoms with Gasteiger partial charge in [-0.2, -0.15) is 0 Å². The zero-order valence-corrected chi connectivity index (χ0v) is 9.86. The number of anilines is 2. The van der Waals surface area contributed by atoms with Crippen molar-refractivity contribution in [2.75, 3.05) is 5.32 Å². The van der Waals surface area contributed by atoms with Gasteiger partial charge in [0.15, 0.2) is 0 Å². The highest BCUT2D eigenvalue weighted by atomic mass is 19.1. The van der Waals surface area contributed by atoms with Crippen LogP contribution in [-0.2, 0) is 6.54 Å². The van der Waals surface area contributed by atoms with E-state index in [1.165, 1.54) is 12.1 Å². The Bertz CT molecular complexity index is 479. The van der Waals surface area contributed by atoms with Crippen molar-refractivity contribution in [1.29, 1.82) is 0 Å². The van der Waals surface area contributed by atoms with Crippen molar-refractivity contribution in [1.82, 2.24) is 9.55 Å². The van der Waals surface area contributed by atoms with Crippen LogP contribution in [0.4, 0.5) is 16.0 Å². The van der Waals surface area contributed by atoms with Crippen molar-refractivity contribution in [3.63, 3.8) is 0 Å². The summed E-state index contributed by atoms with van der Waals surface area (Å²) < 4.78 is 15.1. The Morgan fingerprint density at radius 2 is 2.29 bits per heavy atom. The van der Waals surface area contributed by atoms with Gasteiger partial charge in [-0.05, 0) is 24.6 Å². The summed E-state index contributed by atoms with van der Waals surface area (Å²) in [5.74, 6) is 0.505. The second-order valence-corrected chi connectivity index (χ2v) is 3.93. The molecule has 0 atom stereocenters. The second-order valence-electron chi connectivity index (χ2n) is 3.93. The molecule has 2 aromatic rings. The van der Waals surface area contributed by atoms with E-state index in [0.717, 1.165) is 25.3 Å². The first-order valence-electron chi connectivity index (χ1n) is 5.83. The first-order valence-corrected chi connectivity index (χ1v) is 5.83. The predicted molar refractivity (Wildman–Crippen MR) is 66.8 cm³/mol. The van der Waals surface area contributed by atoms with Gasteiger partial charge in [-0.3, -0.25) is 0 Å². The number of hydrogen-bond acceptors (Lipinski definition) is 2. The van der Waals surface area contributed by atoms with Crippen molar-refractivity contribution in [2.24, 2.45) is 0 Å². The van der Waals surface area contributed by atoms with Crippen LogP contribution in [0, 0.1) is 5.82 Å². The number of benzene rings is 1. The van der Waals surface area contributed by atoms with Crippen LogP contribution in [-0.4, -0.2) is 9.55 Å². The molecule has 17 heavy (non-hydrogen) atoms. The number of aromatic nitrogens is 2. The summed E-state index contributed by atoms with van der Waals surface area (Å²) >= 11 is 0. The number of nitrogens with zero attached hydrogens (tertiary/aromatic N) is 2. The van der Waals surface area contributed by atoms with Crippen LogP contribution >= 0.6 is 0 Å². The number of rotatable bonds is 5. The third-order valence-corrected chi connectivity index (χ3v) is 2.55. The van der Waals surface area contributed by atoms with Gasteiger partial charge in [-0.25, -0.2) is 9.37 Å². The molecule has 90 valence electrons. The monoisotopic (exact) mass is 233 g/mol. The van der Waals surface area contributed by atoms with Crippen molar-refractivity contribution in [3.8, 4) is 0 Å². The number of aryl methyl sites for hydroxylation is 1. The Labute approximate surface area is 100 Å². The molecular formula is C13H16FN3. The van der Waals surface area contributed by atoms with Gasteiger partial charge in [0.2, 0.25) is 5.95 Å². The van der Waals surface area contributed by atoms with Crippen LogP contribution in [0.3, 0.4) is 0 Å². The van der Waals surface area contributed by atoms with Crippen LogP contribution in [0.1, 0.15) is 19.8 Å². The fourth-order valence-electron chi connectivity index (χ4n) is 1.64. The summed E-state index contributed by atoms with van der Waals surface area (Å²) in [4.78, 5) is 4.22. The molecule has 0 saturated heterocycles. The minimum absolute atomic E-state index is 0.248. The summed E-state index contributed by atoms with van der Waals surface area (Å²) in [6.45, 7) is 3.07. The smallest absolute Gasteiger partial charge is 0.207 e. The summed E-state index contributed by atoms with van der Waals surface area (Å²) in [5.41, 5.74) is 0.717. The lowest BCUT2D eigenvalue weighted by atomic mass is 10.3. The van der Waals surface area contributed by atoms with E-state index in [0.29, 0.717) is 5.69 Å². The maximum Gasteiger partial charge on any atom is 0.207 e. The average Bonchev–Trinajstić information content (AvgIpc) is 2.74. The van der Waals surface area contributed by atoms with Crippen LogP contribution < -0.4 is 5.32 Å². The Hall–Kier alpha value is -1.84. The summed E-state index contributed by atoms with van der Waals surface area (Å²) in [6, 6.07) is 6.38. The van der Waals surface area contributed by atoms with Gasteiger partial charge in [0.05, 0.1) is 0 Å². The van der Waals surface area contributed by atoms with Crippen LogP contribution in [0.25, 0.3) is 0 Å². The lowest BCUT2D eigenvalue weighted by Crippen LogP contribution is -2.03. The fourth-order valence-corrected chi connectivity index (χ4v) is 1.64. The summed E-state index contributed by atoms with van der Waals surface area (Å²) in [6.07, 6.45) is 5.92. The topological polar surface area (TPSA) is 29.9 Å². The predicted octanol–water partition coefficient (Wildman–Crippen LogP) is 3.57. The molecule has 0 aliphatic rings. The van der Waals surface area contributed by atoms with Crippen molar-refractivity contribution in [2.45, 2.75) is 26.3 Å². The highest BCUT2D eigenvalue weighted by molar-refractivity contribution is 5.53. The Balaban J connectivity index is 2.10. The number of imidazole rings is 1. The molecule has 1 aromatic heterocycles. The molecule has 0 unspecified atom stereocenters. The maximum absolute atomic E-state index is 13.0. The van der Waals surface area contributed by atoms with Crippen LogP contribution in [0.5, 0.6) is 0 Å². The number of unbranched alkanes of at least 4 members (excludes halogenated alkanes) is 1. The van der Waals surface area contributed by atoms with Gasteiger partial charge in [0, 0.05) is 24.6 Å². The SMILES string of the molecule is CCCCn1ccnc1Nc1cccc(F)c1. The van der Waals surface area contributed by atoms with Gasteiger partial charge in [-0.1, -0.05) is 19.4 Å². The molecule has 0 aliphatic carbocycles. The van der Waals surface area contributed by atoms with Crippen LogP contribution in [0.15, 0.2) is 36.7 Å². The van der Waals surface area contributed by atoms with E-state index in [-0.39, 0.29) is 5.82 Å². The van der Waals surface area contributed by atoms with Crippen molar-refractivity contribution in [3.05, 3.63) is 42.5 Å². The molecule has 1 aromatic carbocycles. The molecule has 0 saturated carbocycles. The van der Waals surface area contributed by atoms with E-state index >= 15 is 0 Å². The molecule has 1 N–H and O–H groups in total. The molecule has 2 rings (SSSR count). The second kappa shape index (κ2) is 5.48. The molecule has 0 fully saturated rings. The highest BCUT2D eigenvalue weighted by Crippen LogP contribution is 2.16. The lowest BCUT2D eigenvalue weighted by Gasteiger charge is -2.09. The molecule has 4 heteroatoms. The highest BCUT2D eigenvalue weighted by Gasteiger charge is 2.02. The van der Waals surface area contributed by atoms with Gasteiger partial charge < -0.3 is 9.88 Å². The van der Waals surface area contributed by atoms with E-state index in [2.05, 4.69) is 17.2 Å². The standard InChI is InChI=1S/C13H16FN3/c1-2-3-8-17-9-7-15-13(17)16-12-6-4-5-11(14)10-12/h4-7,9-10H,2-3,8H2,1H3,(H,15,16). The fraction of sp³-hybridized carbons (Fsp3) is 0.308. The van der Waals surface area contributed by atoms with E-state index < -0.39 is 0 Å². The minimum Gasteiger partial charge on any atom is -0.326 e. The zero-order chi connectivity index (χ0) is 12.1. The molecule has 0 aliphatic heterocycles.